The van der Waals surface area contributed by atoms with Gasteiger partial charge in [0.1, 0.15) is 0 Å². The predicted molar refractivity (Wildman–Crippen MR) is 59.4 cm³/mol. The van der Waals surface area contributed by atoms with Crippen molar-refractivity contribution in [1.82, 2.24) is 4.90 Å². The molecule has 1 aromatic carbocycles. The molecule has 0 saturated carbocycles. The third kappa shape index (κ3) is 1.78. The van der Waals surface area contributed by atoms with Crippen molar-refractivity contribution >= 4 is 11.6 Å². The highest BCUT2D eigenvalue weighted by Gasteiger charge is 2.29. The van der Waals surface area contributed by atoms with Gasteiger partial charge in [0.2, 0.25) is 0 Å². The van der Waals surface area contributed by atoms with Gasteiger partial charge in [-0.2, -0.15) is 0 Å². The molecule has 0 radical (unpaired) electrons. The fourth-order valence-corrected chi connectivity index (χ4v) is 2.26. The lowest BCUT2D eigenvalue weighted by molar-refractivity contribution is 0.304. The fraction of sp³-hybridized carbons (Fsp3) is 0.455. The number of halogens is 1. The first-order chi connectivity index (χ1) is 6.68. The van der Waals surface area contributed by atoms with Gasteiger partial charge in [0.25, 0.3) is 0 Å². The van der Waals surface area contributed by atoms with E-state index in [-0.39, 0.29) is 6.04 Å². The Balaban J connectivity index is 2.25. The zero-order chi connectivity index (χ0) is 10.1. The number of hydrogen-bond acceptors (Lipinski definition) is 2. The lowest BCUT2D eigenvalue weighted by Crippen LogP contribution is -2.29. The van der Waals surface area contributed by atoms with Gasteiger partial charge in [0, 0.05) is 23.7 Å². The van der Waals surface area contributed by atoms with Crippen LogP contribution in [0, 0.1) is 0 Å². The minimum absolute atomic E-state index is 0.251. The summed E-state index contributed by atoms with van der Waals surface area (Å²) in [5.41, 5.74) is 7.33. The Kier molecular flexibility index (Phi) is 2.77. The molecule has 2 atom stereocenters. The highest BCUT2D eigenvalue weighted by molar-refractivity contribution is 6.30. The van der Waals surface area contributed by atoms with Crippen molar-refractivity contribution in [3.63, 3.8) is 0 Å². The first-order valence-electron chi connectivity index (χ1n) is 4.90. The Hall–Kier alpha value is -0.570. The maximum absolute atomic E-state index is 6.06. The SMILES string of the molecule is CN1CC[C@@H](N)[C@@H]1c1ccc(Cl)cc1. The van der Waals surface area contributed by atoms with Gasteiger partial charge >= 0.3 is 0 Å². The Labute approximate surface area is 89.7 Å². The molecule has 1 aliphatic heterocycles. The molecule has 14 heavy (non-hydrogen) atoms. The molecule has 2 nitrogen and oxygen atoms in total. The first kappa shape index (κ1) is 9.97. The lowest BCUT2D eigenvalue weighted by atomic mass is 10.0. The maximum atomic E-state index is 6.06. The smallest absolute Gasteiger partial charge is 0.0496 e. The molecular weight excluding hydrogens is 196 g/mol. The van der Waals surface area contributed by atoms with Crippen LogP contribution in [-0.4, -0.2) is 24.5 Å². The van der Waals surface area contributed by atoms with Crippen LogP contribution >= 0.6 is 11.6 Å². The van der Waals surface area contributed by atoms with Crippen LogP contribution in [0.15, 0.2) is 24.3 Å². The van der Waals surface area contributed by atoms with Crippen molar-refractivity contribution in [3.05, 3.63) is 34.9 Å². The summed E-state index contributed by atoms with van der Waals surface area (Å²) in [5.74, 6) is 0. The molecule has 1 saturated heterocycles. The summed E-state index contributed by atoms with van der Waals surface area (Å²) in [6, 6.07) is 8.59. The Bertz CT molecular complexity index is 300. The van der Waals surface area contributed by atoms with E-state index >= 15 is 0 Å². The molecule has 3 heteroatoms. The maximum Gasteiger partial charge on any atom is 0.0496 e. The van der Waals surface area contributed by atoms with Gasteiger partial charge in [-0.3, -0.25) is 4.90 Å². The average molecular weight is 211 g/mol. The second-order valence-electron chi connectivity index (χ2n) is 3.93. The van der Waals surface area contributed by atoms with Crippen LogP contribution in [0.5, 0.6) is 0 Å². The molecule has 76 valence electrons. The summed E-state index contributed by atoms with van der Waals surface area (Å²) in [7, 11) is 2.12. The van der Waals surface area contributed by atoms with E-state index in [0.29, 0.717) is 6.04 Å². The predicted octanol–water partition coefficient (Wildman–Crippen LogP) is 2.04. The van der Waals surface area contributed by atoms with Crippen molar-refractivity contribution < 1.29 is 0 Å². The average Bonchev–Trinajstić information content (AvgIpc) is 2.49. The van der Waals surface area contributed by atoms with Crippen LogP contribution in [-0.2, 0) is 0 Å². The largest absolute Gasteiger partial charge is 0.326 e. The number of hydrogen-bond donors (Lipinski definition) is 1. The van der Waals surface area contributed by atoms with Gasteiger partial charge in [-0.05, 0) is 31.2 Å². The van der Waals surface area contributed by atoms with Crippen LogP contribution in [0.3, 0.4) is 0 Å². The molecule has 1 aliphatic rings. The van der Waals surface area contributed by atoms with Crippen LogP contribution in [0.1, 0.15) is 18.0 Å². The number of rotatable bonds is 1. The van der Waals surface area contributed by atoms with E-state index in [2.05, 4.69) is 24.1 Å². The summed E-state index contributed by atoms with van der Waals surface area (Å²) in [4.78, 5) is 2.30. The van der Waals surface area contributed by atoms with Gasteiger partial charge in [0.05, 0.1) is 0 Å². The van der Waals surface area contributed by atoms with Crippen LogP contribution in [0.25, 0.3) is 0 Å². The second kappa shape index (κ2) is 3.89. The van der Waals surface area contributed by atoms with E-state index in [4.69, 9.17) is 17.3 Å². The summed E-state index contributed by atoms with van der Waals surface area (Å²) in [6.45, 7) is 1.08. The van der Waals surface area contributed by atoms with Crippen LogP contribution in [0.4, 0.5) is 0 Å². The number of likely N-dealkylation sites (tertiary alicyclic amines) is 1. The second-order valence-corrected chi connectivity index (χ2v) is 4.37. The third-order valence-electron chi connectivity index (χ3n) is 2.91. The normalized spacial score (nSPS) is 28.2. The van der Waals surface area contributed by atoms with E-state index in [1.165, 1.54) is 5.56 Å². The van der Waals surface area contributed by atoms with E-state index in [0.717, 1.165) is 18.0 Å². The van der Waals surface area contributed by atoms with Gasteiger partial charge < -0.3 is 5.73 Å². The number of likely N-dealkylation sites (N-methyl/N-ethyl adjacent to an activating group) is 1. The molecule has 0 aliphatic carbocycles. The quantitative estimate of drug-likeness (QED) is 0.769. The van der Waals surface area contributed by atoms with Gasteiger partial charge in [-0.1, -0.05) is 23.7 Å². The molecule has 0 spiro atoms. The molecule has 2 N–H and O–H groups in total. The fourth-order valence-electron chi connectivity index (χ4n) is 2.14. The van der Waals surface area contributed by atoms with Crippen molar-refractivity contribution in [2.24, 2.45) is 5.73 Å². The molecule has 0 bridgehead atoms. The molecule has 1 aromatic rings. The number of benzene rings is 1. The monoisotopic (exact) mass is 210 g/mol. The topological polar surface area (TPSA) is 29.3 Å². The highest BCUT2D eigenvalue weighted by atomic mass is 35.5. The summed E-state index contributed by atoms with van der Waals surface area (Å²) >= 11 is 5.85. The summed E-state index contributed by atoms with van der Waals surface area (Å²) in [6.07, 6.45) is 1.07. The third-order valence-corrected chi connectivity index (χ3v) is 3.16. The van der Waals surface area contributed by atoms with Gasteiger partial charge in [-0.25, -0.2) is 0 Å². The number of nitrogens with two attached hydrogens (primary N) is 1. The zero-order valence-corrected chi connectivity index (χ0v) is 9.04. The molecule has 1 fully saturated rings. The van der Waals surface area contributed by atoms with Crippen molar-refractivity contribution in [3.8, 4) is 0 Å². The minimum Gasteiger partial charge on any atom is -0.326 e. The van der Waals surface area contributed by atoms with Gasteiger partial charge in [0.15, 0.2) is 0 Å². The highest BCUT2D eigenvalue weighted by Crippen LogP contribution is 2.29. The van der Waals surface area contributed by atoms with Crippen LogP contribution in [0.2, 0.25) is 5.02 Å². The van der Waals surface area contributed by atoms with E-state index in [1.807, 2.05) is 12.1 Å². The van der Waals surface area contributed by atoms with Crippen LogP contribution < -0.4 is 5.73 Å². The molecule has 1 heterocycles. The molecule has 2 rings (SSSR count). The van der Waals surface area contributed by atoms with E-state index in [1.54, 1.807) is 0 Å². The standard InChI is InChI=1S/C11H15ClN2/c1-14-7-6-10(13)11(14)8-2-4-9(12)5-3-8/h2-5,10-11H,6-7,13H2,1H3/t10-,11+/m1/s1. The Morgan fingerprint density at radius 1 is 1.36 bits per heavy atom. The van der Waals surface area contributed by atoms with Crippen molar-refractivity contribution in [2.45, 2.75) is 18.5 Å². The zero-order valence-electron chi connectivity index (χ0n) is 8.28. The van der Waals surface area contributed by atoms with Crippen molar-refractivity contribution in [1.29, 1.82) is 0 Å². The Morgan fingerprint density at radius 3 is 2.50 bits per heavy atom. The van der Waals surface area contributed by atoms with E-state index in [9.17, 15) is 0 Å². The minimum atomic E-state index is 0.251. The molecular formula is C11H15ClN2. The number of nitrogens with zero attached hydrogens (tertiary/aromatic N) is 1. The summed E-state index contributed by atoms with van der Waals surface area (Å²) in [5, 5.41) is 0.781. The first-order valence-corrected chi connectivity index (χ1v) is 5.27. The van der Waals surface area contributed by atoms with Crippen molar-refractivity contribution in [2.75, 3.05) is 13.6 Å². The summed E-state index contributed by atoms with van der Waals surface area (Å²) < 4.78 is 0. The molecule has 0 unspecified atom stereocenters. The van der Waals surface area contributed by atoms with Gasteiger partial charge in [-0.15, -0.1) is 0 Å². The Morgan fingerprint density at radius 2 is 2.00 bits per heavy atom. The molecule has 0 amide bonds. The van der Waals surface area contributed by atoms with E-state index < -0.39 is 0 Å². The lowest BCUT2D eigenvalue weighted by Gasteiger charge is -2.23. The molecule has 0 aromatic heterocycles.